The highest BCUT2D eigenvalue weighted by Crippen LogP contribution is 2.32. The number of para-hydroxylation sites is 1. The second-order valence-corrected chi connectivity index (χ2v) is 7.92. The van der Waals surface area contributed by atoms with Crippen LogP contribution in [0.4, 0.5) is 0 Å². The molecule has 0 N–H and O–H groups in total. The number of ether oxygens (including phenoxy) is 1. The molecule has 28 heavy (non-hydrogen) atoms. The SMILES string of the molecule is CN1CCN(C2=NC(=O)/C(=C\c3ccccc3OCc3ccccc3)S2)CC1. The molecule has 1 saturated heterocycles. The Morgan fingerprint density at radius 2 is 1.75 bits per heavy atom. The number of amides is 1. The Morgan fingerprint density at radius 3 is 2.54 bits per heavy atom. The van der Waals surface area contributed by atoms with Crippen LogP contribution in [0, 0.1) is 0 Å². The van der Waals surface area contributed by atoms with E-state index in [9.17, 15) is 4.79 Å². The first-order valence-electron chi connectivity index (χ1n) is 9.41. The lowest BCUT2D eigenvalue weighted by atomic mass is 10.2. The Bertz CT molecular complexity index is 903. The lowest BCUT2D eigenvalue weighted by molar-refractivity contribution is -0.113. The number of thioether (sulfide) groups is 1. The van der Waals surface area contributed by atoms with E-state index < -0.39 is 0 Å². The maximum absolute atomic E-state index is 12.4. The highest BCUT2D eigenvalue weighted by molar-refractivity contribution is 8.18. The number of benzene rings is 2. The molecule has 0 aliphatic carbocycles. The molecule has 0 radical (unpaired) electrons. The number of carbonyl (C=O) groups is 1. The number of nitrogens with zero attached hydrogens (tertiary/aromatic N) is 3. The van der Waals surface area contributed by atoms with E-state index in [1.54, 1.807) is 0 Å². The van der Waals surface area contributed by atoms with Crippen molar-refractivity contribution in [1.29, 1.82) is 0 Å². The van der Waals surface area contributed by atoms with Crippen LogP contribution in [0.3, 0.4) is 0 Å². The van der Waals surface area contributed by atoms with Gasteiger partial charge in [0.1, 0.15) is 12.4 Å². The van der Waals surface area contributed by atoms with Crippen LogP contribution in [0.1, 0.15) is 11.1 Å². The molecule has 5 nitrogen and oxygen atoms in total. The first kappa shape index (κ1) is 18.8. The van der Waals surface area contributed by atoms with Crippen LogP contribution in [-0.2, 0) is 11.4 Å². The van der Waals surface area contributed by atoms with Gasteiger partial charge in [-0.25, -0.2) is 0 Å². The van der Waals surface area contributed by atoms with Gasteiger partial charge in [0.2, 0.25) is 0 Å². The van der Waals surface area contributed by atoms with Crippen molar-refractivity contribution in [2.24, 2.45) is 4.99 Å². The number of hydrogen-bond donors (Lipinski definition) is 0. The van der Waals surface area contributed by atoms with Crippen molar-refractivity contribution in [3.63, 3.8) is 0 Å². The Morgan fingerprint density at radius 1 is 1.04 bits per heavy atom. The Kier molecular flexibility index (Phi) is 5.78. The fourth-order valence-corrected chi connectivity index (χ4v) is 4.09. The van der Waals surface area contributed by atoms with Gasteiger partial charge in [-0.15, -0.1) is 0 Å². The standard InChI is InChI=1S/C22H23N3O2S/c1-24-11-13-25(14-12-24)22-23-21(26)20(28-22)15-18-9-5-6-10-19(18)27-16-17-7-3-2-4-8-17/h2-10,15H,11-14,16H2,1H3/b20-15+. The average molecular weight is 394 g/mol. The number of amidine groups is 1. The fraction of sp³-hybridized carbons (Fsp3) is 0.273. The van der Waals surface area contributed by atoms with Crippen LogP contribution < -0.4 is 4.74 Å². The Hall–Kier alpha value is -2.57. The third kappa shape index (κ3) is 4.46. The van der Waals surface area contributed by atoms with Crippen LogP contribution in [0.15, 0.2) is 64.5 Å². The van der Waals surface area contributed by atoms with E-state index >= 15 is 0 Å². The monoisotopic (exact) mass is 393 g/mol. The summed E-state index contributed by atoms with van der Waals surface area (Å²) in [5.74, 6) is 0.595. The number of hydrogen-bond acceptors (Lipinski definition) is 5. The Labute approximate surface area is 169 Å². The highest BCUT2D eigenvalue weighted by Gasteiger charge is 2.28. The van der Waals surface area contributed by atoms with E-state index in [1.807, 2.05) is 60.7 Å². The van der Waals surface area contributed by atoms with Crippen molar-refractivity contribution in [3.8, 4) is 5.75 Å². The van der Waals surface area contributed by atoms with Gasteiger partial charge in [-0.05, 0) is 36.5 Å². The van der Waals surface area contributed by atoms with Crippen molar-refractivity contribution in [3.05, 3.63) is 70.6 Å². The van der Waals surface area contributed by atoms with E-state index in [0.29, 0.717) is 11.5 Å². The maximum Gasteiger partial charge on any atom is 0.286 e. The third-order valence-corrected chi connectivity index (χ3v) is 5.87. The number of piperazine rings is 1. The maximum atomic E-state index is 12.4. The van der Waals surface area contributed by atoms with Crippen molar-refractivity contribution in [1.82, 2.24) is 9.80 Å². The molecule has 2 heterocycles. The second kappa shape index (κ2) is 8.63. The molecule has 144 valence electrons. The summed E-state index contributed by atoms with van der Waals surface area (Å²) in [6.45, 7) is 4.27. The van der Waals surface area contributed by atoms with Crippen LogP contribution in [0.2, 0.25) is 0 Å². The van der Waals surface area contributed by atoms with Gasteiger partial charge in [-0.2, -0.15) is 4.99 Å². The zero-order chi connectivity index (χ0) is 19.3. The summed E-state index contributed by atoms with van der Waals surface area (Å²) < 4.78 is 6.01. The topological polar surface area (TPSA) is 45.1 Å². The van der Waals surface area contributed by atoms with E-state index in [4.69, 9.17) is 4.74 Å². The Balaban J connectivity index is 1.46. The zero-order valence-electron chi connectivity index (χ0n) is 15.9. The van der Waals surface area contributed by atoms with Gasteiger partial charge in [-0.1, -0.05) is 48.5 Å². The molecule has 1 fully saturated rings. The van der Waals surface area contributed by atoms with E-state index in [-0.39, 0.29) is 5.91 Å². The minimum Gasteiger partial charge on any atom is -0.488 e. The molecule has 0 aromatic heterocycles. The van der Waals surface area contributed by atoms with Crippen LogP contribution in [0.5, 0.6) is 5.75 Å². The van der Waals surface area contributed by atoms with Gasteiger partial charge in [0.05, 0.1) is 4.91 Å². The van der Waals surface area contributed by atoms with E-state index in [2.05, 4.69) is 21.8 Å². The summed E-state index contributed by atoms with van der Waals surface area (Å²) in [6, 6.07) is 17.8. The van der Waals surface area contributed by atoms with Crippen LogP contribution >= 0.6 is 11.8 Å². The number of rotatable bonds is 4. The highest BCUT2D eigenvalue weighted by atomic mass is 32.2. The molecule has 2 aromatic rings. The molecule has 0 atom stereocenters. The quantitative estimate of drug-likeness (QED) is 0.744. The molecule has 2 aliphatic rings. The normalized spacial score (nSPS) is 19.2. The minimum absolute atomic E-state index is 0.170. The molecular weight excluding hydrogens is 370 g/mol. The summed E-state index contributed by atoms with van der Waals surface area (Å²) in [6.07, 6.45) is 1.89. The lowest BCUT2D eigenvalue weighted by Crippen LogP contribution is -2.46. The van der Waals surface area contributed by atoms with Crippen LogP contribution in [0.25, 0.3) is 6.08 Å². The lowest BCUT2D eigenvalue weighted by Gasteiger charge is -2.32. The molecule has 0 saturated carbocycles. The predicted octanol–water partition coefficient (Wildman–Crippen LogP) is 3.48. The first-order valence-corrected chi connectivity index (χ1v) is 10.2. The summed E-state index contributed by atoms with van der Waals surface area (Å²) in [4.78, 5) is 21.8. The van der Waals surface area contributed by atoms with Gasteiger partial charge in [0.15, 0.2) is 5.17 Å². The largest absolute Gasteiger partial charge is 0.488 e. The van der Waals surface area contributed by atoms with Crippen molar-refractivity contribution in [2.75, 3.05) is 33.2 Å². The number of likely N-dealkylation sites (N-methyl/N-ethyl adjacent to an activating group) is 1. The smallest absolute Gasteiger partial charge is 0.286 e. The molecular formula is C22H23N3O2S. The molecule has 1 amide bonds. The summed E-state index contributed by atoms with van der Waals surface area (Å²) >= 11 is 1.46. The van der Waals surface area contributed by atoms with Gasteiger partial charge in [-0.3, -0.25) is 4.79 Å². The van der Waals surface area contributed by atoms with Crippen molar-refractivity contribution in [2.45, 2.75) is 6.61 Å². The van der Waals surface area contributed by atoms with Gasteiger partial charge in [0.25, 0.3) is 5.91 Å². The van der Waals surface area contributed by atoms with Gasteiger partial charge >= 0.3 is 0 Å². The molecule has 0 unspecified atom stereocenters. The molecule has 2 aromatic carbocycles. The summed E-state index contributed by atoms with van der Waals surface area (Å²) in [5, 5.41) is 0.812. The summed E-state index contributed by atoms with van der Waals surface area (Å²) in [7, 11) is 2.11. The molecule has 0 spiro atoms. The number of carbonyl (C=O) groups excluding carboxylic acids is 1. The minimum atomic E-state index is -0.170. The van der Waals surface area contributed by atoms with Crippen LogP contribution in [-0.4, -0.2) is 54.1 Å². The first-order chi connectivity index (χ1) is 13.7. The van der Waals surface area contributed by atoms with Gasteiger partial charge in [0, 0.05) is 31.7 Å². The second-order valence-electron chi connectivity index (χ2n) is 6.91. The average Bonchev–Trinajstić information content (AvgIpc) is 3.09. The van der Waals surface area contributed by atoms with Crippen molar-refractivity contribution >= 4 is 28.9 Å². The third-order valence-electron chi connectivity index (χ3n) is 4.83. The molecule has 0 bridgehead atoms. The van der Waals surface area contributed by atoms with E-state index in [1.165, 1.54) is 11.8 Å². The van der Waals surface area contributed by atoms with E-state index in [0.717, 1.165) is 48.2 Å². The fourth-order valence-electron chi connectivity index (χ4n) is 3.14. The number of aliphatic imine (C=N–C) groups is 1. The van der Waals surface area contributed by atoms with Gasteiger partial charge < -0.3 is 14.5 Å². The molecule has 4 rings (SSSR count). The molecule has 2 aliphatic heterocycles. The van der Waals surface area contributed by atoms with Crippen molar-refractivity contribution < 1.29 is 9.53 Å². The molecule has 6 heteroatoms. The summed E-state index contributed by atoms with van der Waals surface area (Å²) in [5.41, 5.74) is 2.00. The zero-order valence-corrected chi connectivity index (χ0v) is 16.7. The predicted molar refractivity (Wildman–Crippen MR) is 114 cm³/mol.